The second-order valence-electron chi connectivity index (χ2n) is 9.21. The maximum absolute atomic E-state index is 13.2. The topological polar surface area (TPSA) is 91.3 Å². The van der Waals surface area contributed by atoms with Crippen LogP contribution in [-0.2, 0) is 9.59 Å². The van der Waals surface area contributed by atoms with Gasteiger partial charge in [0, 0.05) is 12.5 Å². The number of hydrogen-bond acceptors (Lipinski definition) is 6. The predicted octanol–water partition coefficient (Wildman–Crippen LogP) is 3.18. The molecular weight excluding hydrogens is 434 g/mol. The third-order valence-corrected chi connectivity index (χ3v) is 7.00. The van der Waals surface area contributed by atoms with Crippen molar-refractivity contribution < 1.29 is 24.2 Å². The van der Waals surface area contributed by atoms with Gasteiger partial charge in [-0.1, -0.05) is 18.2 Å². The molecule has 2 aromatic carbocycles. The smallest absolute Gasteiger partial charge is 0.237 e. The van der Waals surface area contributed by atoms with Crippen molar-refractivity contribution in [2.24, 2.45) is 5.92 Å². The molecule has 180 valence electrons. The van der Waals surface area contributed by atoms with E-state index in [1.807, 2.05) is 23.1 Å². The summed E-state index contributed by atoms with van der Waals surface area (Å²) in [5.41, 5.74) is 1.53. The van der Waals surface area contributed by atoms with Crippen LogP contribution in [0.1, 0.15) is 37.3 Å². The molecule has 8 nitrogen and oxygen atoms in total. The Morgan fingerprint density at radius 2 is 1.74 bits per heavy atom. The van der Waals surface area contributed by atoms with Crippen molar-refractivity contribution in [3.05, 3.63) is 48.0 Å². The van der Waals surface area contributed by atoms with E-state index in [-0.39, 0.29) is 29.5 Å². The zero-order valence-electron chi connectivity index (χ0n) is 19.2. The lowest BCUT2D eigenvalue weighted by Crippen LogP contribution is -2.44. The van der Waals surface area contributed by atoms with E-state index in [0.29, 0.717) is 51.4 Å². The van der Waals surface area contributed by atoms with Crippen LogP contribution in [0.15, 0.2) is 42.5 Å². The largest absolute Gasteiger partial charge is 0.506 e. The van der Waals surface area contributed by atoms with Gasteiger partial charge >= 0.3 is 0 Å². The van der Waals surface area contributed by atoms with Crippen LogP contribution in [0.3, 0.4) is 0 Å². The SMILES string of the molecule is O=C(Nc1ccccc1O)C1CCN(CC(=O)N2CCC[C@@H]2c2ccc3c(c2)OCCO3)CC1. The van der Waals surface area contributed by atoms with Crippen LogP contribution >= 0.6 is 0 Å². The van der Waals surface area contributed by atoms with Crippen LogP contribution in [0.4, 0.5) is 5.69 Å². The van der Waals surface area contributed by atoms with E-state index in [4.69, 9.17) is 9.47 Å². The van der Waals surface area contributed by atoms with Gasteiger partial charge in [0.15, 0.2) is 11.5 Å². The van der Waals surface area contributed by atoms with Gasteiger partial charge in [-0.2, -0.15) is 0 Å². The van der Waals surface area contributed by atoms with Crippen molar-refractivity contribution in [3.63, 3.8) is 0 Å². The fourth-order valence-corrected chi connectivity index (χ4v) is 5.13. The molecule has 3 aliphatic heterocycles. The average molecular weight is 466 g/mol. The number of carbonyl (C=O) groups is 2. The zero-order chi connectivity index (χ0) is 23.5. The maximum atomic E-state index is 13.2. The second kappa shape index (κ2) is 9.93. The molecular formula is C26H31N3O5. The van der Waals surface area contributed by atoms with Crippen molar-refractivity contribution in [3.8, 4) is 17.2 Å². The number of piperidine rings is 1. The number of benzene rings is 2. The molecule has 2 aromatic rings. The molecule has 2 saturated heterocycles. The summed E-state index contributed by atoms with van der Waals surface area (Å²) in [5.74, 6) is 1.52. The molecule has 1 atom stereocenters. The molecule has 2 N–H and O–H groups in total. The van der Waals surface area contributed by atoms with Crippen LogP contribution in [-0.4, -0.2) is 66.1 Å². The number of hydrogen-bond donors (Lipinski definition) is 2. The average Bonchev–Trinajstić information content (AvgIpc) is 3.36. The molecule has 0 spiro atoms. The molecule has 0 radical (unpaired) electrons. The summed E-state index contributed by atoms with van der Waals surface area (Å²) >= 11 is 0. The Balaban J connectivity index is 1.14. The number of para-hydroxylation sites is 2. The summed E-state index contributed by atoms with van der Waals surface area (Å²) in [5, 5.41) is 12.7. The van der Waals surface area contributed by atoms with E-state index < -0.39 is 0 Å². The summed E-state index contributed by atoms with van der Waals surface area (Å²) in [7, 11) is 0. The predicted molar refractivity (Wildman–Crippen MR) is 127 cm³/mol. The lowest BCUT2D eigenvalue weighted by Gasteiger charge is -2.33. The number of anilines is 1. The maximum Gasteiger partial charge on any atom is 0.237 e. The monoisotopic (exact) mass is 465 g/mol. The molecule has 34 heavy (non-hydrogen) atoms. The van der Waals surface area contributed by atoms with Crippen molar-refractivity contribution in [1.82, 2.24) is 9.80 Å². The molecule has 0 aliphatic carbocycles. The fourth-order valence-electron chi connectivity index (χ4n) is 5.13. The highest BCUT2D eigenvalue weighted by Gasteiger charge is 2.33. The Labute approximate surface area is 199 Å². The number of fused-ring (bicyclic) bond motifs is 1. The highest BCUT2D eigenvalue weighted by molar-refractivity contribution is 5.94. The van der Waals surface area contributed by atoms with Gasteiger partial charge in [0.1, 0.15) is 19.0 Å². The van der Waals surface area contributed by atoms with Crippen LogP contribution < -0.4 is 14.8 Å². The quantitative estimate of drug-likeness (QED) is 0.659. The van der Waals surface area contributed by atoms with Crippen molar-refractivity contribution in [2.75, 3.05) is 44.7 Å². The summed E-state index contributed by atoms with van der Waals surface area (Å²) in [4.78, 5) is 30.0. The van der Waals surface area contributed by atoms with Crippen LogP contribution in [0.5, 0.6) is 17.2 Å². The number of phenols is 1. The van der Waals surface area contributed by atoms with Crippen LogP contribution in [0.2, 0.25) is 0 Å². The molecule has 0 aromatic heterocycles. The highest BCUT2D eigenvalue weighted by Crippen LogP contribution is 2.38. The van der Waals surface area contributed by atoms with E-state index >= 15 is 0 Å². The molecule has 3 heterocycles. The number of ether oxygens (including phenoxy) is 2. The van der Waals surface area contributed by atoms with E-state index in [1.165, 1.54) is 0 Å². The Morgan fingerprint density at radius 3 is 2.53 bits per heavy atom. The minimum absolute atomic E-state index is 0.0604. The van der Waals surface area contributed by atoms with Crippen molar-refractivity contribution in [1.29, 1.82) is 0 Å². The number of carbonyl (C=O) groups excluding carboxylic acids is 2. The molecule has 2 fully saturated rings. The van der Waals surface area contributed by atoms with Gasteiger partial charge in [0.2, 0.25) is 11.8 Å². The van der Waals surface area contributed by atoms with E-state index in [0.717, 1.165) is 36.4 Å². The Morgan fingerprint density at radius 1 is 0.971 bits per heavy atom. The first-order valence-electron chi connectivity index (χ1n) is 12.1. The summed E-state index contributed by atoms with van der Waals surface area (Å²) in [6.07, 6.45) is 3.32. The fraction of sp³-hybridized carbons (Fsp3) is 0.462. The van der Waals surface area contributed by atoms with Gasteiger partial charge in [-0.3, -0.25) is 14.5 Å². The van der Waals surface area contributed by atoms with E-state index in [9.17, 15) is 14.7 Å². The molecule has 5 rings (SSSR count). The van der Waals surface area contributed by atoms with Gasteiger partial charge in [-0.05, 0) is 68.6 Å². The first-order valence-corrected chi connectivity index (χ1v) is 12.1. The third-order valence-electron chi connectivity index (χ3n) is 7.00. The number of phenolic OH excluding ortho intramolecular Hbond substituents is 1. The normalized spacial score (nSPS) is 20.8. The summed E-state index contributed by atoms with van der Waals surface area (Å²) < 4.78 is 11.4. The minimum Gasteiger partial charge on any atom is -0.506 e. The van der Waals surface area contributed by atoms with Gasteiger partial charge in [0.25, 0.3) is 0 Å². The highest BCUT2D eigenvalue weighted by atomic mass is 16.6. The summed E-state index contributed by atoms with van der Waals surface area (Å²) in [6.45, 7) is 3.64. The first kappa shape index (κ1) is 22.5. The Hall–Kier alpha value is -3.26. The van der Waals surface area contributed by atoms with Gasteiger partial charge < -0.3 is 24.8 Å². The molecule has 0 bridgehead atoms. The lowest BCUT2D eigenvalue weighted by atomic mass is 9.95. The van der Waals surface area contributed by atoms with E-state index in [2.05, 4.69) is 10.2 Å². The number of nitrogens with one attached hydrogen (secondary N) is 1. The molecule has 3 aliphatic rings. The lowest BCUT2D eigenvalue weighted by molar-refractivity contribution is -0.133. The number of rotatable bonds is 5. The number of likely N-dealkylation sites (tertiary alicyclic amines) is 2. The summed E-state index contributed by atoms with van der Waals surface area (Å²) in [6, 6.07) is 12.8. The van der Waals surface area contributed by atoms with Gasteiger partial charge in [0.05, 0.1) is 18.3 Å². The Bertz CT molecular complexity index is 1050. The number of amides is 2. The first-order chi connectivity index (χ1) is 16.6. The van der Waals surface area contributed by atoms with Crippen molar-refractivity contribution in [2.45, 2.75) is 31.7 Å². The molecule has 2 amide bonds. The molecule has 0 unspecified atom stereocenters. The van der Waals surface area contributed by atoms with Crippen LogP contribution in [0, 0.1) is 5.92 Å². The second-order valence-corrected chi connectivity index (χ2v) is 9.21. The Kier molecular flexibility index (Phi) is 6.58. The van der Waals surface area contributed by atoms with Gasteiger partial charge in [-0.15, -0.1) is 0 Å². The molecule has 0 saturated carbocycles. The van der Waals surface area contributed by atoms with Crippen molar-refractivity contribution >= 4 is 17.5 Å². The number of aromatic hydroxyl groups is 1. The van der Waals surface area contributed by atoms with E-state index in [1.54, 1.807) is 24.3 Å². The third kappa shape index (κ3) is 4.82. The van der Waals surface area contributed by atoms with Gasteiger partial charge in [-0.25, -0.2) is 0 Å². The number of nitrogens with zero attached hydrogens (tertiary/aromatic N) is 2. The van der Waals surface area contributed by atoms with Crippen LogP contribution in [0.25, 0.3) is 0 Å². The molecule has 8 heteroatoms. The standard InChI is InChI=1S/C26H31N3O5/c30-22-6-2-1-4-20(22)27-26(32)18-9-12-28(13-10-18)17-25(31)29-11-3-5-21(29)19-7-8-23-24(16-19)34-15-14-33-23/h1-2,4,6-8,16,18,21,30H,3,5,9-15,17H2,(H,27,32)/t21-/m1/s1. The minimum atomic E-state index is -0.122. The zero-order valence-corrected chi connectivity index (χ0v) is 19.2.